The number of rotatable bonds is 9. The Hall–Kier alpha value is -0.260. The van der Waals surface area contributed by atoms with Crippen LogP contribution in [0.25, 0.3) is 0 Å². The maximum absolute atomic E-state index is 12.4. The van der Waals surface area contributed by atoms with E-state index < -0.39 is 6.43 Å². The second-order valence-electron chi connectivity index (χ2n) is 5.68. The fraction of sp³-hybridized carbons (Fsp3) is 1.00. The van der Waals surface area contributed by atoms with Gasteiger partial charge in [-0.05, 0) is 24.9 Å². The molecular formula is C13H28F2N2O. The first-order valence-electron chi connectivity index (χ1n) is 6.66. The molecule has 0 bridgehead atoms. The SMILES string of the molecule is CCNC(CCN(CCO)CC(F)F)C(C)(C)C. The van der Waals surface area contributed by atoms with Crippen LogP contribution in [0, 0.1) is 5.41 Å². The molecule has 0 aliphatic rings. The molecule has 1 atom stereocenters. The van der Waals surface area contributed by atoms with Gasteiger partial charge in [-0.2, -0.15) is 0 Å². The first-order valence-corrected chi connectivity index (χ1v) is 6.66. The van der Waals surface area contributed by atoms with Crippen molar-refractivity contribution in [2.75, 3.05) is 32.8 Å². The topological polar surface area (TPSA) is 35.5 Å². The molecule has 0 heterocycles. The van der Waals surface area contributed by atoms with Crippen LogP contribution in [0.1, 0.15) is 34.1 Å². The summed E-state index contributed by atoms with van der Waals surface area (Å²) in [6.45, 7) is 9.91. The number of hydrogen-bond acceptors (Lipinski definition) is 3. The summed E-state index contributed by atoms with van der Waals surface area (Å²) in [5.74, 6) is 0. The molecule has 0 aromatic heterocycles. The van der Waals surface area contributed by atoms with E-state index in [4.69, 9.17) is 5.11 Å². The van der Waals surface area contributed by atoms with Crippen molar-refractivity contribution >= 4 is 0 Å². The molecule has 0 fully saturated rings. The molecule has 0 radical (unpaired) electrons. The van der Waals surface area contributed by atoms with E-state index in [9.17, 15) is 8.78 Å². The lowest BCUT2D eigenvalue weighted by atomic mass is 9.84. The van der Waals surface area contributed by atoms with Crippen LogP contribution in [-0.4, -0.2) is 55.3 Å². The lowest BCUT2D eigenvalue weighted by Gasteiger charge is -2.33. The van der Waals surface area contributed by atoms with Gasteiger partial charge in [0.15, 0.2) is 0 Å². The van der Waals surface area contributed by atoms with E-state index in [1.807, 2.05) is 6.92 Å². The molecule has 0 aromatic carbocycles. The quantitative estimate of drug-likeness (QED) is 0.669. The second-order valence-corrected chi connectivity index (χ2v) is 5.68. The zero-order valence-electron chi connectivity index (χ0n) is 12.0. The molecule has 0 aromatic rings. The van der Waals surface area contributed by atoms with Crippen molar-refractivity contribution < 1.29 is 13.9 Å². The summed E-state index contributed by atoms with van der Waals surface area (Å²) in [7, 11) is 0. The van der Waals surface area contributed by atoms with Gasteiger partial charge in [-0.25, -0.2) is 8.78 Å². The third-order valence-electron chi connectivity index (χ3n) is 3.04. The number of halogens is 2. The molecular weight excluding hydrogens is 238 g/mol. The Morgan fingerprint density at radius 3 is 2.22 bits per heavy atom. The second kappa shape index (κ2) is 8.77. The molecule has 1 unspecified atom stereocenters. The lowest BCUT2D eigenvalue weighted by molar-refractivity contribution is 0.0732. The average molecular weight is 266 g/mol. The van der Waals surface area contributed by atoms with E-state index >= 15 is 0 Å². The van der Waals surface area contributed by atoms with Crippen LogP contribution < -0.4 is 5.32 Å². The van der Waals surface area contributed by atoms with Crippen LogP contribution in [0.15, 0.2) is 0 Å². The molecule has 0 spiro atoms. The van der Waals surface area contributed by atoms with Crippen LogP contribution >= 0.6 is 0 Å². The van der Waals surface area contributed by atoms with Crippen LogP contribution in [0.5, 0.6) is 0 Å². The summed E-state index contributed by atoms with van der Waals surface area (Å²) < 4.78 is 24.8. The van der Waals surface area contributed by atoms with E-state index in [2.05, 4.69) is 26.1 Å². The highest BCUT2D eigenvalue weighted by Crippen LogP contribution is 2.22. The third-order valence-corrected chi connectivity index (χ3v) is 3.04. The molecule has 0 rings (SSSR count). The van der Waals surface area contributed by atoms with Crippen LogP contribution in [-0.2, 0) is 0 Å². The largest absolute Gasteiger partial charge is 0.395 e. The van der Waals surface area contributed by atoms with Gasteiger partial charge in [-0.15, -0.1) is 0 Å². The van der Waals surface area contributed by atoms with Crippen molar-refractivity contribution in [2.24, 2.45) is 5.41 Å². The van der Waals surface area contributed by atoms with Crippen molar-refractivity contribution in [3.63, 3.8) is 0 Å². The van der Waals surface area contributed by atoms with Gasteiger partial charge < -0.3 is 10.4 Å². The molecule has 0 saturated heterocycles. The van der Waals surface area contributed by atoms with Gasteiger partial charge >= 0.3 is 0 Å². The summed E-state index contributed by atoms with van der Waals surface area (Å²) >= 11 is 0. The van der Waals surface area contributed by atoms with E-state index in [0.717, 1.165) is 13.0 Å². The standard InChI is InChI=1S/C13H28F2N2O/c1-5-16-11(13(2,3)4)6-7-17(8-9-18)10-12(14)15/h11-12,16,18H,5-10H2,1-4H3. The summed E-state index contributed by atoms with van der Waals surface area (Å²) in [6.07, 6.45) is -1.53. The van der Waals surface area contributed by atoms with Gasteiger partial charge in [0.1, 0.15) is 0 Å². The average Bonchev–Trinajstić information content (AvgIpc) is 2.21. The summed E-state index contributed by atoms with van der Waals surface area (Å²) in [6, 6.07) is 0.293. The highest BCUT2D eigenvalue weighted by molar-refractivity contribution is 4.81. The molecule has 18 heavy (non-hydrogen) atoms. The van der Waals surface area contributed by atoms with E-state index in [-0.39, 0.29) is 18.6 Å². The molecule has 0 aliphatic carbocycles. The molecule has 0 aliphatic heterocycles. The van der Waals surface area contributed by atoms with Gasteiger partial charge in [0.05, 0.1) is 13.2 Å². The number of aliphatic hydroxyl groups excluding tert-OH is 1. The molecule has 0 saturated carbocycles. The van der Waals surface area contributed by atoms with Crippen molar-refractivity contribution in [3.05, 3.63) is 0 Å². The highest BCUT2D eigenvalue weighted by atomic mass is 19.3. The fourth-order valence-electron chi connectivity index (χ4n) is 2.03. The fourth-order valence-corrected chi connectivity index (χ4v) is 2.03. The Morgan fingerprint density at radius 2 is 1.83 bits per heavy atom. The predicted molar refractivity (Wildman–Crippen MR) is 71.1 cm³/mol. The van der Waals surface area contributed by atoms with Gasteiger partial charge in [-0.1, -0.05) is 27.7 Å². The number of alkyl halides is 2. The lowest BCUT2D eigenvalue weighted by Crippen LogP contribution is -2.43. The highest BCUT2D eigenvalue weighted by Gasteiger charge is 2.24. The van der Waals surface area contributed by atoms with Gasteiger partial charge in [-0.3, -0.25) is 4.90 Å². The molecule has 5 heteroatoms. The molecule has 2 N–H and O–H groups in total. The Bertz CT molecular complexity index is 208. The molecule has 110 valence electrons. The smallest absolute Gasteiger partial charge is 0.251 e. The maximum atomic E-state index is 12.4. The van der Waals surface area contributed by atoms with Gasteiger partial charge in [0.2, 0.25) is 0 Å². The van der Waals surface area contributed by atoms with Crippen molar-refractivity contribution in [2.45, 2.75) is 46.6 Å². The van der Waals surface area contributed by atoms with E-state index in [1.165, 1.54) is 0 Å². The Morgan fingerprint density at radius 1 is 1.22 bits per heavy atom. The summed E-state index contributed by atoms with van der Waals surface area (Å²) in [5.41, 5.74) is 0.103. The number of nitrogens with one attached hydrogen (secondary N) is 1. The zero-order chi connectivity index (χ0) is 14.2. The number of hydrogen-bond donors (Lipinski definition) is 2. The number of aliphatic hydroxyl groups is 1. The molecule has 3 nitrogen and oxygen atoms in total. The Balaban J connectivity index is 4.27. The van der Waals surface area contributed by atoms with Crippen molar-refractivity contribution in [1.29, 1.82) is 0 Å². The van der Waals surface area contributed by atoms with Crippen LogP contribution in [0.4, 0.5) is 8.78 Å². The zero-order valence-corrected chi connectivity index (χ0v) is 12.0. The normalized spacial score (nSPS) is 14.5. The van der Waals surface area contributed by atoms with Crippen LogP contribution in [0.2, 0.25) is 0 Å². The first kappa shape index (κ1) is 17.7. The van der Waals surface area contributed by atoms with E-state index in [0.29, 0.717) is 19.1 Å². The monoisotopic (exact) mass is 266 g/mol. The third kappa shape index (κ3) is 7.95. The van der Waals surface area contributed by atoms with Gasteiger partial charge in [0, 0.05) is 12.6 Å². The first-order chi connectivity index (χ1) is 8.31. The predicted octanol–water partition coefficient (Wildman–Crippen LogP) is 1.96. The Kier molecular flexibility index (Phi) is 8.65. The minimum Gasteiger partial charge on any atom is -0.395 e. The minimum absolute atomic E-state index is 0.0753. The summed E-state index contributed by atoms with van der Waals surface area (Å²) in [4.78, 5) is 1.63. The van der Waals surface area contributed by atoms with Gasteiger partial charge in [0.25, 0.3) is 6.43 Å². The van der Waals surface area contributed by atoms with Crippen molar-refractivity contribution in [3.8, 4) is 0 Å². The van der Waals surface area contributed by atoms with Crippen LogP contribution in [0.3, 0.4) is 0 Å². The summed E-state index contributed by atoms with van der Waals surface area (Å²) in [5, 5.41) is 12.3. The number of nitrogens with zero attached hydrogens (tertiary/aromatic N) is 1. The maximum Gasteiger partial charge on any atom is 0.251 e. The minimum atomic E-state index is -2.34. The Labute approximate surface area is 110 Å². The molecule has 0 amide bonds. The van der Waals surface area contributed by atoms with E-state index in [1.54, 1.807) is 4.90 Å². The van der Waals surface area contributed by atoms with Crippen molar-refractivity contribution in [1.82, 2.24) is 10.2 Å².